The molecule has 0 saturated heterocycles. The molecule has 140 valence electrons. The Morgan fingerprint density at radius 3 is 2.62 bits per heavy atom. The zero-order valence-electron chi connectivity index (χ0n) is 14.7. The molecule has 6 nitrogen and oxygen atoms in total. The van der Waals surface area contributed by atoms with Crippen LogP contribution in [0.2, 0.25) is 10.0 Å². The highest BCUT2D eigenvalue weighted by Crippen LogP contribution is 2.23. The smallest absolute Gasteiger partial charge is 0.213 e. The summed E-state index contributed by atoms with van der Waals surface area (Å²) in [5, 5.41) is 17.5. The van der Waals surface area contributed by atoms with Gasteiger partial charge >= 0.3 is 0 Å². The van der Waals surface area contributed by atoms with Crippen LogP contribution < -0.4 is 15.4 Å². The number of aliphatic hydroxyl groups excluding tert-OH is 1. The zero-order chi connectivity index (χ0) is 18.9. The average molecular weight is 397 g/mol. The number of halogens is 2. The lowest BCUT2D eigenvalue weighted by Crippen LogP contribution is -2.39. The maximum atomic E-state index is 10.3. The lowest BCUT2D eigenvalue weighted by atomic mass is 10.1. The number of guanidine groups is 1. The number of aromatic nitrogens is 1. The van der Waals surface area contributed by atoms with Crippen molar-refractivity contribution in [3.63, 3.8) is 0 Å². The summed E-state index contributed by atoms with van der Waals surface area (Å²) >= 11 is 12.0. The first kappa shape index (κ1) is 20.3. The van der Waals surface area contributed by atoms with E-state index in [4.69, 9.17) is 27.9 Å². The van der Waals surface area contributed by atoms with E-state index in [0.717, 1.165) is 5.69 Å². The van der Waals surface area contributed by atoms with Crippen molar-refractivity contribution in [3.05, 3.63) is 57.7 Å². The van der Waals surface area contributed by atoms with Crippen molar-refractivity contribution in [1.29, 1.82) is 0 Å². The number of rotatable bonds is 7. The Morgan fingerprint density at radius 1 is 1.23 bits per heavy atom. The number of ether oxygens (including phenoxy) is 1. The molecule has 1 unspecified atom stereocenters. The molecule has 0 saturated carbocycles. The standard InChI is InChI=1S/C18H22Cl2N4O2/c1-3-21-18(22-10-15-5-4-6-17(24-15)26-2)23-11-16(25)12-7-13(19)9-14(20)8-12/h4-9,16,25H,3,10-11H2,1-2H3,(H2,21,22,23). The second-order valence-electron chi connectivity index (χ2n) is 5.47. The van der Waals surface area contributed by atoms with Crippen molar-refractivity contribution >= 4 is 29.2 Å². The van der Waals surface area contributed by atoms with Crippen LogP contribution in [-0.2, 0) is 6.54 Å². The highest BCUT2D eigenvalue weighted by Gasteiger charge is 2.10. The molecular weight excluding hydrogens is 375 g/mol. The molecule has 0 aliphatic carbocycles. The van der Waals surface area contributed by atoms with E-state index in [1.807, 2.05) is 19.1 Å². The van der Waals surface area contributed by atoms with Gasteiger partial charge in [-0.25, -0.2) is 9.98 Å². The minimum absolute atomic E-state index is 0.258. The molecule has 0 aliphatic heterocycles. The number of nitrogens with one attached hydrogen (secondary N) is 2. The molecule has 2 aromatic rings. The minimum atomic E-state index is -0.773. The quantitative estimate of drug-likeness (QED) is 0.494. The van der Waals surface area contributed by atoms with Gasteiger partial charge in [-0.1, -0.05) is 29.3 Å². The minimum Gasteiger partial charge on any atom is -0.481 e. The van der Waals surface area contributed by atoms with Gasteiger partial charge in [-0.05, 0) is 36.8 Å². The summed E-state index contributed by atoms with van der Waals surface area (Å²) in [7, 11) is 1.57. The first-order valence-corrected chi connectivity index (χ1v) is 8.93. The molecule has 0 radical (unpaired) electrons. The second-order valence-corrected chi connectivity index (χ2v) is 6.34. The fourth-order valence-electron chi connectivity index (χ4n) is 2.24. The first-order valence-electron chi connectivity index (χ1n) is 8.18. The maximum absolute atomic E-state index is 10.3. The number of methoxy groups -OCH3 is 1. The highest BCUT2D eigenvalue weighted by atomic mass is 35.5. The maximum Gasteiger partial charge on any atom is 0.213 e. The summed E-state index contributed by atoms with van der Waals surface area (Å²) in [6, 6.07) is 10.5. The third-order valence-corrected chi connectivity index (χ3v) is 3.90. The number of pyridine rings is 1. The van der Waals surface area contributed by atoms with Crippen molar-refractivity contribution in [1.82, 2.24) is 15.6 Å². The van der Waals surface area contributed by atoms with Crippen molar-refractivity contribution in [3.8, 4) is 5.88 Å². The Bertz CT molecular complexity index is 735. The predicted molar refractivity (Wildman–Crippen MR) is 105 cm³/mol. The summed E-state index contributed by atoms with van der Waals surface area (Å²) in [5.41, 5.74) is 1.42. The average Bonchev–Trinajstić information content (AvgIpc) is 2.63. The van der Waals surface area contributed by atoms with E-state index >= 15 is 0 Å². The molecule has 8 heteroatoms. The predicted octanol–water partition coefficient (Wildman–Crippen LogP) is 3.19. The van der Waals surface area contributed by atoms with Crippen molar-refractivity contribution < 1.29 is 9.84 Å². The fourth-order valence-corrected chi connectivity index (χ4v) is 2.78. The van der Waals surface area contributed by atoms with Crippen LogP contribution in [0.25, 0.3) is 0 Å². The van der Waals surface area contributed by atoms with Crippen LogP contribution in [0.3, 0.4) is 0 Å². The number of hydrogen-bond acceptors (Lipinski definition) is 4. The van der Waals surface area contributed by atoms with Gasteiger partial charge in [-0.15, -0.1) is 0 Å². The molecule has 1 heterocycles. The third-order valence-electron chi connectivity index (χ3n) is 3.47. The normalized spacial score (nSPS) is 12.6. The topological polar surface area (TPSA) is 78.8 Å². The van der Waals surface area contributed by atoms with Crippen LogP contribution >= 0.6 is 23.2 Å². The van der Waals surface area contributed by atoms with E-state index in [2.05, 4.69) is 20.6 Å². The van der Waals surface area contributed by atoms with Crippen LogP contribution in [0, 0.1) is 0 Å². The molecule has 3 N–H and O–H groups in total. The second kappa shape index (κ2) is 10.2. The molecule has 0 spiro atoms. The highest BCUT2D eigenvalue weighted by molar-refractivity contribution is 6.34. The molecule has 1 aromatic heterocycles. The van der Waals surface area contributed by atoms with E-state index < -0.39 is 6.10 Å². The lowest BCUT2D eigenvalue weighted by Gasteiger charge is -2.16. The molecule has 0 amide bonds. The molecule has 1 atom stereocenters. The Kier molecular flexibility index (Phi) is 7.97. The van der Waals surface area contributed by atoms with Gasteiger partial charge in [0.2, 0.25) is 5.88 Å². The van der Waals surface area contributed by atoms with Gasteiger partial charge in [-0.3, -0.25) is 0 Å². The Labute approximate surface area is 163 Å². The van der Waals surface area contributed by atoms with Gasteiger partial charge in [0.15, 0.2) is 5.96 Å². The number of aliphatic imine (C=N–C) groups is 1. The molecule has 1 aromatic carbocycles. The van der Waals surface area contributed by atoms with Gasteiger partial charge in [0.05, 0.1) is 25.5 Å². The monoisotopic (exact) mass is 396 g/mol. The van der Waals surface area contributed by atoms with Gasteiger partial charge in [-0.2, -0.15) is 0 Å². The van der Waals surface area contributed by atoms with Gasteiger partial charge < -0.3 is 20.5 Å². The number of aliphatic hydroxyl groups is 1. The molecular formula is C18H22Cl2N4O2. The van der Waals surface area contributed by atoms with Gasteiger partial charge in [0.1, 0.15) is 0 Å². The van der Waals surface area contributed by atoms with E-state index in [9.17, 15) is 5.11 Å². The summed E-state index contributed by atoms with van der Waals surface area (Å²) in [6.45, 7) is 3.30. The van der Waals surface area contributed by atoms with Crippen LogP contribution in [0.1, 0.15) is 24.3 Å². The Hall–Kier alpha value is -2.02. The molecule has 2 rings (SSSR count). The first-order chi connectivity index (χ1) is 12.5. The van der Waals surface area contributed by atoms with Gasteiger partial charge in [0, 0.05) is 29.2 Å². The molecule has 26 heavy (non-hydrogen) atoms. The lowest BCUT2D eigenvalue weighted by molar-refractivity contribution is 0.181. The van der Waals surface area contributed by atoms with Crippen molar-refractivity contribution in [2.24, 2.45) is 4.99 Å². The largest absolute Gasteiger partial charge is 0.481 e. The van der Waals surface area contributed by atoms with Crippen LogP contribution in [-0.4, -0.2) is 36.2 Å². The van der Waals surface area contributed by atoms with E-state index in [1.54, 1.807) is 31.4 Å². The van der Waals surface area contributed by atoms with Crippen LogP contribution in [0.5, 0.6) is 5.88 Å². The molecule has 0 fully saturated rings. The molecule has 0 bridgehead atoms. The van der Waals surface area contributed by atoms with Crippen molar-refractivity contribution in [2.75, 3.05) is 20.2 Å². The van der Waals surface area contributed by atoms with Crippen LogP contribution in [0.4, 0.5) is 0 Å². The summed E-state index contributed by atoms with van der Waals surface area (Å²) in [5.74, 6) is 1.12. The van der Waals surface area contributed by atoms with E-state index in [0.29, 0.717) is 40.5 Å². The number of nitrogens with zero attached hydrogens (tertiary/aromatic N) is 2. The fraction of sp³-hybridized carbons (Fsp3) is 0.333. The number of benzene rings is 1. The Balaban J connectivity index is 2.00. The zero-order valence-corrected chi connectivity index (χ0v) is 16.2. The number of hydrogen-bond donors (Lipinski definition) is 3. The molecule has 0 aliphatic rings. The summed E-state index contributed by atoms with van der Waals surface area (Å²) in [4.78, 5) is 8.79. The van der Waals surface area contributed by atoms with E-state index in [-0.39, 0.29) is 6.54 Å². The van der Waals surface area contributed by atoms with Crippen LogP contribution in [0.15, 0.2) is 41.4 Å². The van der Waals surface area contributed by atoms with Gasteiger partial charge in [0.25, 0.3) is 0 Å². The summed E-state index contributed by atoms with van der Waals surface area (Å²) in [6.07, 6.45) is -0.773. The third kappa shape index (κ3) is 6.37. The van der Waals surface area contributed by atoms with Crippen molar-refractivity contribution in [2.45, 2.75) is 19.6 Å². The Morgan fingerprint density at radius 2 is 1.96 bits per heavy atom. The summed E-state index contributed by atoms with van der Waals surface area (Å²) < 4.78 is 5.11. The van der Waals surface area contributed by atoms with E-state index in [1.165, 1.54) is 0 Å². The SMILES string of the molecule is CCNC(=NCc1cccc(OC)n1)NCC(O)c1cc(Cl)cc(Cl)c1.